The van der Waals surface area contributed by atoms with Crippen molar-refractivity contribution in [3.05, 3.63) is 70.2 Å². The van der Waals surface area contributed by atoms with Crippen LogP contribution in [0.3, 0.4) is 0 Å². The third-order valence-electron chi connectivity index (χ3n) is 5.74. The van der Waals surface area contributed by atoms with Gasteiger partial charge in [0.1, 0.15) is 5.75 Å². The Morgan fingerprint density at radius 3 is 2.78 bits per heavy atom. The molecule has 0 saturated carbocycles. The maximum absolute atomic E-state index is 10.5. The smallest absolute Gasteiger partial charge is 0.125 e. The molecule has 134 valence electrons. The van der Waals surface area contributed by atoms with Crippen molar-refractivity contribution < 1.29 is 5.11 Å². The van der Waals surface area contributed by atoms with Crippen LogP contribution in [0.2, 0.25) is 0 Å². The number of hydrogen-bond acceptors (Lipinski definition) is 2. The Kier molecular flexibility index (Phi) is 3.94. The van der Waals surface area contributed by atoms with Gasteiger partial charge in [-0.05, 0) is 71.3 Å². The molecule has 5 rings (SSSR count). The van der Waals surface area contributed by atoms with Gasteiger partial charge in [0.05, 0.1) is 11.2 Å². The van der Waals surface area contributed by atoms with E-state index < -0.39 is 0 Å². The number of fused-ring (bicyclic) bond motifs is 5. The van der Waals surface area contributed by atoms with Crippen LogP contribution in [0.1, 0.15) is 24.5 Å². The van der Waals surface area contributed by atoms with E-state index in [0.29, 0.717) is 5.92 Å². The van der Waals surface area contributed by atoms with Crippen molar-refractivity contribution in [2.24, 2.45) is 5.92 Å². The minimum Gasteiger partial charge on any atom is -0.507 e. The molecule has 0 fully saturated rings. The second-order valence-electron chi connectivity index (χ2n) is 7.61. The van der Waals surface area contributed by atoms with Gasteiger partial charge in [0.25, 0.3) is 0 Å². The van der Waals surface area contributed by atoms with Gasteiger partial charge in [0.15, 0.2) is 0 Å². The first-order valence-electron chi connectivity index (χ1n) is 9.44. The van der Waals surface area contributed by atoms with Crippen molar-refractivity contribution in [1.29, 1.82) is 0 Å². The van der Waals surface area contributed by atoms with Gasteiger partial charge < -0.3 is 5.11 Å². The number of pyridine rings is 1. The van der Waals surface area contributed by atoms with Crippen LogP contribution in [0.25, 0.3) is 32.9 Å². The summed E-state index contributed by atoms with van der Waals surface area (Å²) < 4.78 is 0.952. The van der Waals surface area contributed by atoms with Crippen molar-refractivity contribution in [2.75, 3.05) is 0 Å². The normalized spacial score (nSPS) is 16.6. The summed E-state index contributed by atoms with van der Waals surface area (Å²) in [5.74, 6) is 0.942. The van der Waals surface area contributed by atoms with Crippen molar-refractivity contribution in [3.63, 3.8) is 0 Å². The number of halogens is 1. The molecule has 0 bridgehead atoms. The first-order valence-corrected chi connectivity index (χ1v) is 10.2. The third kappa shape index (κ3) is 2.72. The fourth-order valence-corrected chi connectivity index (χ4v) is 4.77. The van der Waals surface area contributed by atoms with Crippen LogP contribution in [0, 0.1) is 5.92 Å². The predicted octanol–water partition coefficient (Wildman–Crippen LogP) is 6.65. The van der Waals surface area contributed by atoms with Gasteiger partial charge in [0, 0.05) is 15.4 Å². The molecule has 0 radical (unpaired) electrons. The largest absolute Gasteiger partial charge is 0.507 e. The molecule has 1 aliphatic carbocycles. The van der Waals surface area contributed by atoms with Crippen LogP contribution in [0.4, 0.5) is 0 Å². The lowest BCUT2D eigenvalue weighted by Crippen LogP contribution is -2.14. The highest BCUT2D eigenvalue weighted by Gasteiger charge is 2.24. The molecule has 0 amide bonds. The number of rotatable bonds is 1. The molecule has 1 aliphatic rings. The Hall–Kier alpha value is -2.39. The van der Waals surface area contributed by atoms with E-state index >= 15 is 0 Å². The second-order valence-corrected chi connectivity index (χ2v) is 8.52. The van der Waals surface area contributed by atoms with Crippen LogP contribution in [-0.2, 0) is 12.8 Å². The van der Waals surface area contributed by atoms with Gasteiger partial charge in [0.2, 0.25) is 0 Å². The summed E-state index contributed by atoms with van der Waals surface area (Å²) in [5, 5.41) is 14.3. The minimum absolute atomic E-state index is 0.284. The summed E-state index contributed by atoms with van der Waals surface area (Å²) in [7, 11) is 0. The minimum atomic E-state index is 0.284. The molecular weight excluding hydrogens is 398 g/mol. The molecule has 2 nitrogen and oxygen atoms in total. The predicted molar refractivity (Wildman–Crippen MR) is 115 cm³/mol. The maximum Gasteiger partial charge on any atom is 0.125 e. The summed E-state index contributed by atoms with van der Waals surface area (Å²) >= 11 is 3.54. The number of phenolic OH excluding ortho intramolecular Hbond substituents is 1. The Morgan fingerprint density at radius 2 is 1.89 bits per heavy atom. The summed E-state index contributed by atoms with van der Waals surface area (Å²) in [6, 6.07) is 18.4. The van der Waals surface area contributed by atoms with Crippen LogP contribution in [-0.4, -0.2) is 10.1 Å². The van der Waals surface area contributed by atoms with E-state index in [1.54, 1.807) is 6.07 Å². The molecule has 1 atom stereocenters. The van der Waals surface area contributed by atoms with Gasteiger partial charge in [-0.1, -0.05) is 53.2 Å². The van der Waals surface area contributed by atoms with Crippen LogP contribution in [0.5, 0.6) is 5.75 Å². The number of benzene rings is 3. The van der Waals surface area contributed by atoms with E-state index in [2.05, 4.69) is 59.3 Å². The van der Waals surface area contributed by atoms with Crippen molar-refractivity contribution in [1.82, 2.24) is 4.98 Å². The summed E-state index contributed by atoms with van der Waals surface area (Å²) in [6.45, 7) is 2.33. The fourth-order valence-electron chi connectivity index (χ4n) is 4.41. The zero-order chi connectivity index (χ0) is 18.5. The van der Waals surface area contributed by atoms with Crippen molar-refractivity contribution >= 4 is 37.6 Å². The lowest BCUT2D eigenvalue weighted by molar-refractivity contribution is 0.476. The van der Waals surface area contributed by atoms with Gasteiger partial charge in [-0.15, -0.1) is 0 Å². The van der Waals surface area contributed by atoms with E-state index in [1.165, 1.54) is 27.3 Å². The summed E-state index contributed by atoms with van der Waals surface area (Å²) in [5.41, 5.74) is 5.45. The van der Waals surface area contributed by atoms with Crippen LogP contribution in [0.15, 0.2) is 59.1 Å². The van der Waals surface area contributed by atoms with Gasteiger partial charge in [-0.2, -0.15) is 0 Å². The van der Waals surface area contributed by atoms with Crippen LogP contribution < -0.4 is 0 Å². The molecule has 0 spiro atoms. The van der Waals surface area contributed by atoms with Gasteiger partial charge >= 0.3 is 0 Å². The standard InChI is InChI=1S/C24H20BrNO/c1-14-6-9-18-19(12-14)23-17-5-3-2-4-15(17)7-10-21(23)26-24(18)20-13-16(25)8-11-22(20)27/h2-5,7-8,10-11,13-14,27H,6,9,12H2,1H3/t14-/m0/s1. The number of aromatic nitrogens is 1. The summed E-state index contributed by atoms with van der Waals surface area (Å²) in [4.78, 5) is 5.06. The molecular formula is C24H20BrNO. The number of hydrogen-bond donors (Lipinski definition) is 1. The second kappa shape index (κ2) is 6.35. The SMILES string of the molecule is C[C@H]1CCc2c(-c3cc(Br)ccc3O)nc3ccc4ccccc4c3c2C1. The molecule has 3 aromatic carbocycles. The topological polar surface area (TPSA) is 33.1 Å². The Bertz CT molecular complexity index is 1200. The summed E-state index contributed by atoms with van der Waals surface area (Å²) in [6.07, 6.45) is 3.22. The lowest BCUT2D eigenvalue weighted by atomic mass is 9.80. The number of aromatic hydroxyl groups is 1. The van der Waals surface area contributed by atoms with E-state index in [4.69, 9.17) is 4.98 Å². The zero-order valence-electron chi connectivity index (χ0n) is 15.2. The third-order valence-corrected chi connectivity index (χ3v) is 6.24. The highest BCUT2D eigenvalue weighted by Crippen LogP contribution is 2.42. The van der Waals surface area contributed by atoms with Crippen molar-refractivity contribution in [2.45, 2.75) is 26.2 Å². The molecule has 3 heteroatoms. The molecule has 0 saturated heterocycles. The van der Waals surface area contributed by atoms with Crippen molar-refractivity contribution in [3.8, 4) is 17.0 Å². The molecule has 1 N–H and O–H groups in total. The van der Waals surface area contributed by atoms with E-state index in [1.807, 2.05) is 12.1 Å². The number of nitrogens with zero attached hydrogens (tertiary/aromatic N) is 1. The van der Waals surface area contributed by atoms with E-state index in [9.17, 15) is 5.11 Å². The first-order chi connectivity index (χ1) is 13.1. The highest BCUT2D eigenvalue weighted by molar-refractivity contribution is 9.10. The van der Waals surface area contributed by atoms with Gasteiger partial charge in [-0.25, -0.2) is 4.98 Å². The van der Waals surface area contributed by atoms with Gasteiger partial charge in [-0.3, -0.25) is 0 Å². The van der Waals surface area contributed by atoms with E-state index in [-0.39, 0.29) is 5.75 Å². The molecule has 4 aromatic rings. The monoisotopic (exact) mass is 417 g/mol. The Morgan fingerprint density at radius 1 is 1.04 bits per heavy atom. The zero-order valence-corrected chi connectivity index (χ0v) is 16.8. The molecule has 0 unspecified atom stereocenters. The number of phenols is 1. The Labute approximate surface area is 167 Å². The average Bonchev–Trinajstić information content (AvgIpc) is 2.68. The lowest BCUT2D eigenvalue weighted by Gasteiger charge is -2.26. The molecule has 1 aromatic heterocycles. The highest BCUT2D eigenvalue weighted by atomic mass is 79.9. The molecule has 1 heterocycles. The molecule has 27 heavy (non-hydrogen) atoms. The Balaban J connectivity index is 1.91. The quantitative estimate of drug-likeness (QED) is 0.351. The maximum atomic E-state index is 10.5. The van der Waals surface area contributed by atoms with E-state index in [0.717, 1.165) is 40.5 Å². The average molecular weight is 418 g/mol. The van der Waals surface area contributed by atoms with Crippen LogP contribution >= 0.6 is 15.9 Å². The first kappa shape index (κ1) is 16.8. The molecule has 0 aliphatic heterocycles. The fraction of sp³-hybridized carbons (Fsp3) is 0.208.